The summed E-state index contributed by atoms with van der Waals surface area (Å²) in [6, 6.07) is 3.40. The molecule has 1 aromatic rings. The van der Waals surface area contributed by atoms with E-state index in [9.17, 15) is 0 Å². The van der Waals surface area contributed by atoms with Crippen LogP contribution in [-0.2, 0) is 6.42 Å². The van der Waals surface area contributed by atoms with Crippen LogP contribution in [0, 0.1) is 24.2 Å². The van der Waals surface area contributed by atoms with Gasteiger partial charge in [0.05, 0.1) is 0 Å². The normalized spacial score (nSPS) is 35.5. The van der Waals surface area contributed by atoms with Crippen LogP contribution in [0.2, 0.25) is 0 Å². The Bertz CT molecular complexity index is 502. The number of furan rings is 1. The van der Waals surface area contributed by atoms with Crippen LogP contribution in [0.4, 0.5) is 0 Å². The zero-order valence-corrected chi connectivity index (χ0v) is 14.3. The van der Waals surface area contributed by atoms with Crippen LogP contribution in [-0.4, -0.2) is 6.04 Å². The Morgan fingerprint density at radius 3 is 2.76 bits per heavy atom. The van der Waals surface area contributed by atoms with Gasteiger partial charge in [-0.1, -0.05) is 40.5 Å². The van der Waals surface area contributed by atoms with Gasteiger partial charge in [-0.15, -0.1) is 0 Å². The summed E-state index contributed by atoms with van der Waals surface area (Å²) < 4.78 is 5.97. The third-order valence-corrected chi connectivity index (χ3v) is 5.86. The average molecular weight is 289 g/mol. The predicted octanol–water partition coefficient (Wildman–Crippen LogP) is 5.02. The van der Waals surface area contributed by atoms with Crippen LogP contribution in [0.25, 0.3) is 0 Å². The van der Waals surface area contributed by atoms with Crippen molar-refractivity contribution >= 4 is 0 Å². The van der Waals surface area contributed by atoms with E-state index in [2.05, 4.69) is 46.0 Å². The minimum Gasteiger partial charge on any atom is -0.466 e. The molecule has 0 aromatic carbocycles. The van der Waals surface area contributed by atoms with Crippen LogP contribution >= 0.6 is 0 Å². The number of aryl methyl sites for hydroxylation is 1. The highest BCUT2D eigenvalue weighted by Gasteiger charge is 2.37. The van der Waals surface area contributed by atoms with Gasteiger partial charge in [0.25, 0.3) is 0 Å². The third-order valence-electron chi connectivity index (χ3n) is 5.86. The van der Waals surface area contributed by atoms with Gasteiger partial charge in [0.1, 0.15) is 11.5 Å². The first-order valence-electron chi connectivity index (χ1n) is 8.71. The second-order valence-electron chi connectivity index (χ2n) is 8.37. The average Bonchev–Trinajstić information content (AvgIpc) is 2.74. The molecular formula is C19H31NO. The fourth-order valence-electron chi connectivity index (χ4n) is 4.41. The van der Waals surface area contributed by atoms with E-state index in [4.69, 9.17) is 4.42 Å². The molecule has 1 aromatic heterocycles. The summed E-state index contributed by atoms with van der Waals surface area (Å²) in [5.74, 6) is 3.91. The molecule has 0 bridgehead atoms. The van der Waals surface area contributed by atoms with Crippen molar-refractivity contribution in [2.45, 2.75) is 78.8 Å². The van der Waals surface area contributed by atoms with Crippen LogP contribution < -0.4 is 5.32 Å². The van der Waals surface area contributed by atoms with Crippen LogP contribution in [0.5, 0.6) is 0 Å². The van der Waals surface area contributed by atoms with Gasteiger partial charge in [0.2, 0.25) is 0 Å². The summed E-state index contributed by atoms with van der Waals surface area (Å²) >= 11 is 0. The molecule has 1 heterocycles. The van der Waals surface area contributed by atoms with Gasteiger partial charge in [-0.2, -0.15) is 0 Å². The summed E-state index contributed by atoms with van der Waals surface area (Å²) in [5.41, 5.74) is 1.76. The summed E-state index contributed by atoms with van der Waals surface area (Å²) in [7, 11) is 0. The topological polar surface area (TPSA) is 25.2 Å². The first-order chi connectivity index (χ1) is 9.85. The van der Waals surface area contributed by atoms with E-state index >= 15 is 0 Å². The fourth-order valence-corrected chi connectivity index (χ4v) is 4.41. The molecule has 0 aliphatic heterocycles. The van der Waals surface area contributed by atoms with E-state index in [0.29, 0.717) is 17.5 Å². The Balaban J connectivity index is 1.81. The fraction of sp³-hybridized carbons (Fsp3) is 0.789. The standard InChI is InChI=1S/C19H31NO/c1-12-7-6-8-16(14(12)3)20-17-10-19(4,5)11-18-15(17)9-13(2)21-18/h9,12,14,16-17,20H,6-8,10-11H2,1-5H3. The molecule has 1 N–H and O–H groups in total. The molecule has 0 amide bonds. The molecule has 2 aliphatic carbocycles. The molecule has 118 valence electrons. The molecule has 0 spiro atoms. The van der Waals surface area contributed by atoms with E-state index in [1.165, 1.54) is 37.0 Å². The number of nitrogens with one attached hydrogen (secondary N) is 1. The number of hydrogen-bond acceptors (Lipinski definition) is 2. The van der Waals surface area contributed by atoms with Gasteiger partial charge in [-0.05, 0) is 43.1 Å². The summed E-state index contributed by atoms with van der Waals surface area (Å²) in [5, 5.41) is 4.00. The molecule has 0 saturated heterocycles. The second kappa shape index (κ2) is 5.46. The van der Waals surface area contributed by atoms with Crippen molar-refractivity contribution in [2.75, 3.05) is 0 Å². The first kappa shape index (κ1) is 15.1. The quantitative estimate of drug-likeness (QED) is 0.827. The van der Waals surface area contributed by atoms with Gasteiger partial charge in [-0.25, -0.2) is 0 Å². The lowest BCUT2D eigenvalue weighted by Crippen LogP contribution is -2.44. The number of hydrogen-bond donors (Lipinski definition) is 1. The van der Waals surface area contributed by atoms with Crippen molar-refractivity contribution in [3.05, 3.63) is 23.2 Å². The number of rotatable bonds is 2. The summed E-state index contributed by atoms with van der Waals surface area (Å²) in [6.45, 7) is 11.7. The zero-order chi connectivity index (χ0) is 15.2. The van der Waals surface area contributed by atoms with Gasteiger partial charge in [0.15, 0.2) is 0 Å². The highest BCUT2D eigenvalue weighted by Crippen LogP contribution is 2.43. The molecular weight excluding hydrogens is 258 g/mol. The van der Waals surface area contributed by atoms with Crippen molar-refractivity contribution in [3.8, 4) is 0 Å². The summed E-state index contributed by atoms with van der Waals surface area (Å²) in [4.78, 5) is 0. The van der Waals surface area contributed by atoms with Crippen LogP contribution in [0.3, 0.4) is 0 Å². The second-order valence-corrected chi connectivity index (χ2v) is 8.37. The Kier molecular flexibility index (Phi) is 3.94. The maximum Gasteiger partial charge on any atom is 0.109 e. The van der Waals surface area contributed by atoms with Crippen LogP contribution in [0.1, 0.15) is 76.5 Å². The zero-order valence-electron chi connectivity index (χ0n) is 14.3. The van der Waals surface area contributed by atoms with Gasteiger partial charge < -0.3 is 9.73 Å². The molecule has 0 radical (unpaired) electrons. The lowest BCUT2D eigenvalue weighted by Gasteiger charge is -2.41. The van der Waals surface area contributed by atoms with E-state index in [-0.39, 0.29) is 0 Å². The van der Waals surface area contributed by atoms with E-state index < -0.39 is 0 Å². The van der Waals surface area contributed by atoms with Gasteiger partial charge >= 0.3 is 0 Å². The maximum absolute atomic E-state index is 5.97. The van der Waals surface area contributed by atoms with Crippen molar-refractivity contribution in [1.29, 1.82) is 0 Å². The van der Waals surface area contributed by atoms with Crippen molar-refractivity contribution in [3.63, 3.8) is 0 Å². The van der Waals surface area contributed by atoms with Crippen molar-refractivity contribution in [2.24, 2.45) is 17.3 Å². The van der Waals surface area contributed by atoms with E-state index in [1.54, 1.807) is 0 Å². The van der Waals surface area contributed by atoms with Crippen LogP contribution in [0.15, 0.2) is 10.5 Å². The Hall–Kier alpha value is -0.760. The molecule has 2 heteroatoms. The smallest absolute Gasteiger partial charge is 0.109 e. The van der Waals surface area contributed by atoms with E-state index in [0.717, 1.165) is 24.0 Å². The van der Waals surface area contributed by atoms with Gasteiger partial charge in [-0.3, -0.25) is 0 Å². The Labute approximate surface area is 129 Å². The lowest BCUT2D eigenvalue weighted by molar-refractivity contribution is 0.163. The Morgan fingerprint density at radius 2 is 2.00 bits per heavy atom. The third kappa shape index (κ3) is 3.06. The highest BCUT2D eigenvalue weighted by molar-refractivity contribution is 5.29. The monoisotopic (exact) mass is 289 g/mol. The van der Waals surface area contributed by atoms with Crippen molar-refractivity contribution < 1.29 is 4.42 Å². The molecule has 2 nitrogen and oxygen atoms in total. The number of fused-ring (bicyclic) bond motifs is 1. The van der Waals surface area contributed by atoms with E-state index in [1.807, 2.05) is 0 Å². The minimum atomic E-state index is 0.332. The Morgan fingerprint density at radius 1 is 1.24 bits per heavy atom. The summed E-state index contributed by atoms with van der Waals surface area (Å²) in [6.07, 6.45) is 6.39. The maximum atomic E-state index is 5.97. The van der Waals surface area contributed by atoms with Gasteiger partial charge in [0, 0.05) is 24.1 Å². The highest BCUT2D eigenvalue weighted by atomic mass is 16.3. The van der Waals surface area contributed by atoms with Crippen molar-refractivity contribution in [1.82, 2.24) is 5.32 Å². The predicted molar refractivity (Wildman–Crippen MR) is 87.4 cm³/mol. The molecule has 4 atom stereocenters. The molecule has 4 unspecified atom stereocenters. The first-order valence-corrected chi connectivity index (χ1v) is 8.71. The SMILES string of the molecule is Cc1cc2c(o1)CC(C)(C)CC2NC1CCCC(C)C1C. The molecule has 2 aliphatic rings. The molecule has 1 saturated carbocycles. The minimum absolute atomic E-state index is 0.332. The molecule has 3 rings (SSSR count). The molecule has 1 fully saturated rings. The lowest BCUT2D eigenvalue weighted by atomic mass is 9.73. The molecule has 21 heavy (non-hydrogen) atoms. The largest absolute Gasteiger partial charge is 0.466 e.